The van der Waals surface area contributed by atoms with Gasteiger partial charge in [-0.2, -0.15) is 0 Å². The molecule has 0 saturated heterocycles. The number of rotatable bonds is 0. The van der Waals surface area contributed by atoms with E-state index in [9.17, 15) is 0 Å². The molecule has 0 rings (SSSR count). The molecule has 0 radical (unpaired) electrons. The van der Waals surface area contributed by atoms with Crippen molar-refractivity contribution in [1.82, 2.24) is 0 Å². The predicted octanol–water partition coefficient (Wildman–Crippen LogP) is 0.262. The molecule has 0 spiro atoms. The van der Waals surface area contributed by atoms with Gasteiger partial charge >= 0.3 is 36.7 Å². The van der Waals surface area contributed by atoms with E-state index in [0.717, 1.165) is 0 Å². The Balaban J connectivity index is 0. The van der Waals surface area contributed by atoms with Crippen LogP contribution in [-0.4, -0.2) is 12.8 Å². The summed E-state index contributed by atoms with van der Waals surface area (Å²) in [4.78, 5) is 0. The van der Waals surface area contributed by atoms with E-state index in [2.05, 4.69) is 22.6 Å². The van der Waals surface area contributed by atoms with Crippen LogP contribution >= 0.6 is 9.82 Å². The van der Waals surface area contributed by atoms with Gasteiger partial charge < -0.3 is 0 Å². The second-order valence-corrected chi connectivity index (χ2v) is 6.27. The molecule has 4 heteroatoms. The van der Waals surface area contributed by atoms with Crippen molar-refractivity contribution in [2.75, 3.05) is 0 Å². The standard InChI is InChI=1S/Mo.Ni.S.Se. The first-order valence-corrected chi connectivity index (χ1v) is 8.08. The third kappa shape index (κ3) is 9.07. The Labute approximate surface area is 52.7 Å². The molecule has 4 heavy (non-hydrogen) atoms. The molecule has 0 N–H and O–H groups in total. The predicted molar refractivity (Wildman–Crippen MR) is 13.3 cm³/mol. The Morgan fingerprint density at radius 2 is 1.75 bits per heavy atom. The van der Waals surface area contributed by atoms with E-state index >= 15 is 0 Å². The van der Waals surface area contributed by atoms with Crippen LogP contribution in [0.3, 0.4) is 0 Å². The molecular weight excluding hydrogens is 266 g/mol. The summed E-state index contributed by atoms with van der Waals surface area (Å²) in [6, 6.07) is 0. The Morgan fingerprint density at radius 3 is 1.75 bits per heavy atom. The zero-order valence-electron chi connectivity index (χ0n) is 1.54. The van der Waals surface area contributed by atoms with Crippen LogP contribution in [0.5, 0.6) is 0 Å². The average molecular weight is 266 g/mol. The molecule has 0 unspecified atom stereocenters. The minimum absolute atomic E-state index is 0. The van der Waals surface area contributed by atoms with Gasteiger partial charge in [0.05, 0.1) is 0 Å². The van der Waals surface area contributed by atoms with E-state index in [1.807, 2.05) is 0 Å². The number of hydrogen-bond donors (Lipinski definition) is 0. The van der Waals surface area contributed by atoms with Crippen LogP contribution < -0.4 is 0 Å². The van der Waals surface area contributed by atoms with Crippen molar-refractivity contribution in [1.29, 1.82) is 0 Å². The quantitative estimate of drug-likeness (QED) is 0.567. The fourth-order valence-electron chi connectivity index (χ4n) is 0. The van der Waals surface area contributed by atoms with Crippen LogP contribution in [-0.2, 0) is 30.6 Å². The molecule has 0 aromatic rings. The van der Waals surface area contributed by atoms with Gasteiger partial charge in [-0.25, -0.2) is 0 Å². The zero-order chi connectivity index (χ0) is 2.71. The normalized spacial score (nSPS) is 3.00. The Hall–Kier alpha value is 1.92. The van der Waals surface area contributed by atoms with Gasteiger partial charge in [0.1, 0.15) is 0 Å². The molecule has 0 saturated carbocycles. The molecular formula is MoNiSSe. The first-order valence-electron chi connectivity index (χ1n) is 0.333. The third-order valence-electron chi connectivity index (χ3n) is 0. The van der Waals surface area contributed by atoms with Crippen molar-refractivity contribution >= 4 is 22.6 Å². The Morgan fingerprint density at radius 1 is 1.75 bits per heavy atom. The van der Waals surface area contributed by atoms with Crippen molar-refractivity contribution < 1.29 is 30.6 Å². The van der Waals surface area contributed by atoms with Gasteiger partial charge in [-0.05, 0) is 0 Å². The molecule has 0 aliphatic rings. The van der Waals surface area contributed by atoms with Crippen molar-refractivity contribution in [3.05, 3.63) is 0 Å². The van der Waals surface area contributed by atoms with Crippen LogP contribution in [0.2, 0.25) is 0 Å². The van der Waals surface area contributed by atoms with E-state index in [4.69, 9.17) is 0 Å². The van der Waals surface area contributed by atoms with Gasteiger partial charge in [0, 0.05) is 16.5 Å². The van der Waals surface area contributed by atoms with Gasteiger partial charge in [-0.15, -0.1) is 0 Å². The SMILES string of the molecule is [Ni].[S]=[Mo]=[Se]. The Kier molecular flexibility index (Phi) is 20.7. The van der Waals surface area contributed by atoms with Gasteiger partial charge in [0.25, 0.3) is 0 Å². The fourth-order valence-corrected chi connectivity index (χ4v) is 0. The summed E-state index contributed by atoms with van der Waals surface area (Å²) in [5.74, 6) is 0. The monoisotopic (exact) mass is 268 g/mol. The maximum atomic E-state index is 4.47. The average Bonchev–Trinajstić information content (AvgIpc) is 0.918. The second-order valence-electron chi connectivity index (χ2n) is 0.0680. The first-order chi connectivity index (χ1) is 1.41. The topological polar surface area (TPSA) is 0 Å². The fraction of sp³-hybridized carbons (Fsp3) is 0. The van der Waals surface area contributed by atoms with Gasteiger partial charge in [0.2, 0.25) is 0 Å². The molecule has 0 aliphatic carbocycles. The van der Waals surface area contributed by atoms with E-state index in [-0.39, 0.29) is 30.6 Å². The molecule has 0 aromatic carbocycles. The molecule has 0 aliphatic heterocycles. The van der Waals surface area contributed by atoms with Gasteiger partial charge in [0.15, 0.2) is 0 Å². The van der Waals surface area contributed by atoms with E-state index < -0.39 is 0 Å². The summed E-state index contributed by atoms with van der Waals surface area (Å²) in [6.45, 7) is 0. The van der Waals surface area contributed by atoms with Crippen molar-refractivity contribution in [3.63, 3.8) is 0 Å². The minimum atomic E-state index is -0.0717. The second kappa shape index (κ2) is 8.87. The van der Waals surface area contributed by atoms with Crippen LogP contribution in [0.15, 0.2) is 0 Å². The summed E-state index contributed by atoms with van der Waals surface area (Å²) in [5, 5.41) is 0. The summed E-state index contributed by atoms with van der Waals surface area (Å²) in [6.07, 6.45) is 0. The van der Waals surface area contributed by atoms with Crippen molar-refractivity contribution in [2.24, 2.45) is 0 Å². The van der Waals surface area contributed by atoms with Crippen LogP contribution in [0.1, 0.15) is 0 Å². The molecule has 0 bridgehead atoms. The van der Waals surface area contributed by atoms with Crippen molar-refractivity contribution in [2.45, 2.75) is 0 Å². The molecule has 0 fully saturated rings. The molecule has 0 nitrogen and oxygen atoms in total. The van der Waals surface area contributed by atoms with Gasteiger partial charge in [-0.3, -0.25) is 0 Å². The van der Waals surface area contributed by atoms with Crippen LogP contribution in [0.4, 0.5) is 0 Å². The van der Waals surface area contributed by atoms with E-state index in [1.165, 1.54) is 0 Å². The molecule has 0 aromatic heterocycles. The maximum absolute atomic E-state index is 4.47. The Bertz CT molecular complexity index is 29.0. The zero-order valence-corrected chi connectivity index (χ0v) is 7.07. The van der Waals surface area contributed by atoms with Gasteiger partial charge in [-0.1, -0.05) is 0 Å². The van der Waals surface area contributed by atoms with Crippen LogP contribution in [0, 0.1) is 0 Å². The third-order valence-corrected chi connectivity index (χ3v) is 0. The van der Waals surface area contributed by atoms with Crippen LogP contribution in [0.25, 0.3) is 0 Å². The first kappa shape index (κ1) is 9.33. The molecule has 0 heterocycles. The summed E-state index contributed by atoms with van der Waals surface area (Å²) in [7, 11) is 4.47. The summed E-state index contributed by atoms with van der Waals surface area (Å²) < 4.78 is 0. The van der Waals surface area contributed by atoms with Crippen molar-refractivity contribution in [3.8, 4) is 0 Å². The summed E-state index contributed by atoms with van der Waals surface area (Å²) in [5.41, 5.74) is 0. The van der Waals surface area contributed by atoms with E-state index in [1.54, 1.807) is 0 Å². The number of hydrogen-bond acceptors (Lipinski definition) is 1. The molecule has 0 amide bonds. The van der Waals surface area contributed by atoms with E-state index in [0.29, 0.717) is 0 Å². The molecule has 0 atom stereocenters. The molecule has 28 valence electrons. The summed E-state index contributed by atoms with van der Waals surface area (Å²) >= 11 is 2.68.